The molecule has 0 radical (unpaired) electrons. The maximum absolute atomic E-state index is 4.51. The highest BCUT2D eigenvalue weighted by atomic mass is 14.9. The summed E-state index contributed by atoms with van der Waals surface area (Å²) in [5, 5.41) is 4.57. The Labute approximate surface area is 109 Å². The van der Waals surface area contributed by atoms with Gasteiger partial charge >= 0.3 is 0 Å². The Morgan fingerprint density at radius 3 is 2.83 bits per heavy atom. The second-order valence-electron chi connectivity index (χ2n) is 4.57. The van der Waals surface area contributed by atoms with Crippen molar-refractivity contribution in [3.63, 3.8) is 0 Å². The molecule has 0 saturated heterocycles. The lowest BCUT2D eigenvalue weighted by Crippen LogP contribution is -2.17. The Bertz CT molecular complexity index is 540. The van der Waals surface area contributed by atoms with Crippen LogP contribution in [0.2, 0.25) is 0 Å². The van der Waals surface area contributed by atoms with Crippen LogP contribution in [0.1, 0.15) is 31.4 Å². The summed E-state index contributed by atoms with van der Waals surface area (Å²) in [4.78, 5) is 4.51. The van der Waals surface area contributed by atoms with Crippen LogP contribution in [-0.2, 0) is 0 Å². The molecule has 0 fully saturated rings. The second kappa shape index (κ2) is 5.78. The highest BCUT2D eigenvalue weighted by Gasteiger charge is 2.13. The van der Waals surface area contributed by atoms with Crippen LogP contribution in [0.3, 0.4) is 0 Å². The van der Waals surface area contributed by atoms with Gasteiger partial charge in [-0.3, -0.25) is 4.98 Å². The number of hydrogen-bond donors (Lipinski definition) is 1. The monoisotopic (exact) mass is 240 g/mol. The minimum absolute atomic E-state index is 0.288. The van der Waals surface area contributed by atoms with Crippen LogP contribution in [0.5, 0.6) is 0 Å². The molecule has 2 aromatic rings. The van der Waals surface area contributed by atoms with Gasteiger partial charge in [0.25, 0.3) is 0 Å². The molecular formula is C16H20N2. The van der Waals surface area contributed by atoms with E-state index in [1.54, 1.807) is 0 Å². The quantitative estimate of drug-likeness (QED) is 0.803. The van der Waals surface area contributed by atoms with Gasteiger partial charge in [0.15, 0.2) is 0 Å². The van der Waals surface area contributed by atoms with E-state index in [1.807, 2.05) is 19.3 Å². The highest BCUT2D eigenvalue weighted by Crippen LogP contribution is 2.27. The number of aromatic nitrogens is 1. The molecule has 0 amide bonds. The van der Waals surface area contributed by atoms with Crippen LogP contribution in [0, 0.1) is 0 Å². The molecular weight excluding hydrogens is 220 g/mol. The van der Waals surface area contributed by atoms with Crippen molar-refractivity contribution in [2.45, 2.75) is 25.8 Å². The van der Waals surface area contributed by atoms with Crippen molar-refractivity contribution in [3.05, 3.63) is 54.2 Å². The van der Waals surface area contributed by atoms with E-state index in [9.17, 15) is 0 Å². The number of benzene rings is 1. The lowest BCUT2D eigenvalue weighted by Gasteiger charge is -2.19. The van der Waals surface area contributed by atoms with Crippen LogP contribution in [0.25, 0.3) is 10.9 Å². The molecule has 1 unspecified atom stereocenters. The molecule has 2 heteroatoms. The van der Waals surface area contributed by atoms with Gasteiger partial charge in [0, 0.05) is 17.6 Å². The topological polar surface area (TPSA) is 24.9 Å². The van der Waals surface area contributed by atoms with Crippen molar-refractivity contribution in [1.29, 1.82) is 0 Å². The number of para-hydroxylation sites is 1. The molecule has 1 aromatic carbocycles. The number of hydrogen-bond acceptors (Lipinski definition) is 2. The van der Waals surface area contributed by atoms with Gasteiger partial charge in [0.2, 0.25) is 0 Å². The molecule has 1 aromatic heterocycles. The fraction of sp³-hybridized carbons (Fsp3) is 0.312. The fourth-order valence-corrected chi connectivity index (χ4v) is 2.21. The number of fused-ring (bicyclic) bond motifs is 1. The van der Waals surface area contributed by atoms with Crippen LogP contribution in [0.4, 0.5) is 0 Å². The Kier molecular flexibility index (Phi) is 4.11. The Morgan fingerprint density at radius 1 is 1.33 bits per heavy atom. The molecule has 94 valence electrons. The predicted molar refractivity (Wildman–Crippen MR) is 77.6 cm³/mol. The zero-order valence-corrected chi connectivity index (χ0v) is 11.1. The second-order valence-corrected chi connectivity index (χ2v) is 4.57. The van der Waals surface area contributed by atoms with Crippen molar-refractivity contribution in [1.82, 2.24) is 10.3 Å². The van der Waals surface area contributed by atoms with Crippen molar-refractivity contribution >= 4 is 10.9 Å². The standard InChI is InChI=1S/C16H20N2/c1-4-12(2)11-15(17-3)14-9-5-7-13-8-6-10-18-16(13)14/h5-10,15,17H,2,4,11H2,1,3H3. The lowest BCUT2D eigenvalue weighted by atomic mass is 9.96. The molecule has 2 nitrogen and oxygen atoms in total. The maximum atomic E-state index is 4.51. The van der Waals surface area contributed by atoms with Crippen molar-refractivity contribution < 1.29 is 0 Å². The summed E-state index contributed by atoms with van der Waals surface area (Å²) in [6.07, 6.45) is 3.84. The van der Waals surface area contributed by atoms with E-state index in [0.29, 0.717) is 0 Å². The van der Waals surface area contributed by atoms with Gasteiger partial charge in [-0.05, 0) is 31.5 Å². The van der Waals surface area contributed by atoms with Crippen molar-refractivity contribution in [2.75, 3.05) is 7.05 Å². The highest BCUT2D eigenvalue weighted by molar-refractivity contribution is 5.82. The first-order valence-corrected chi connectivity index (χ1v) is 6.43. The van der Waals surface area contributed by atoms with Crippen molar-refractivity contribution in [2.24, 2.45) is 0 Å². The third-order valence-corrected chi connectivity index (χ3v) is 3.38. The Morgan fingerprint density at radius 2 is 2.11 bits per heavy atom. The molecule has 0 bridgehead atoms. The molecule has 1 atom stereocenters. The summed E-state index contributed by atoms with van der Waals surface area (Å²) in [7, 11) is 2.00. The average molecular weight is 240 g/mol. The molecule has 0 aliphatic heterocycles. The predicted octanol–water partition coefficient (Wildman–Crippen LogP) is 3.85. The van der Waals surface area contributed by atoms with Gasteiger partial charge in [-0.1, -0.05) is 43.3 Å². The summed E-state index contributed by atoms with van der Waals surface area (Å²) in [6.45, 7) is 6.26. The summed E-state index contributed by atoms with van der Waals surface area (Å²) in [5.41, 5.74) is 3.61. The van der Waals surface area contributed by atoms with Crippen LogP contribution in [-0.4, -0.2) is 12.0 Å². The molecule has 2 rings (SSSR count). The largest absolute Gasteiger partial charge is 0.313 e. The third kappa shape index (κ3) is 2.59. The SMILES string of the molecule is C=C(CC)CC(NC)c1cccc2cccnc12. The van der Waals surface area contributed by atoms with E-state index in [2.05, 4.69) is 48.1 Å². The van der Waals surface area contributed by atoms with E-state index >= 15 is 0 Å². The van der Waals surface area contributed by atoms with Gasteiger partial charge in [-0.25, -0.2) is 0 Å². The molecule has 0 aliphatic carbocycles. The van der Waals surface area contributed by atoms with E-state index in [1.165, 1.54) is 16.5 Å². The lowest BCUT2D eigenvalue weighted by molar-refractivity contribution is 0.586. The first kappa shape index (κ1) is 12.8. The van der Waals surface area contributed by atoms with Gasteiger partial charge in [0.1, 0.15) is 0 Å². The molecule has 0 spiro atoms. The van der Waals surface area contributed by atoms with E-state index in [-0.39, 0.29) is 6.04 Å². The van der Waals surface area contributed by atoms with E-state index in [0.717, 1.165) is 18.4 Å². The number of rotatable bonds is 5. The number of nitrogens with zero attached hydrogens (tertiary/aromatic N) is 1. The average Bonchev–Trinajstić information content (AvgIpc) is 2.44. The van der Waals surface area contributed by atoms with Gasteiger partial charge in [-0.2, -0.15) is 0 Å². The van der Waals surface area contributed by atoms with Gasteiger partial charge in [0.05, 0.1) is 5.52 Å². The van der Waals surface area contributed by atoms with E-state index in [4.69, 9.17) is 0 Å². The maximum Gasteiger partial charge on any atom is 0.0749 e. The Balaban J connectivity index is 2.41. The minimum Gasteiger partial charge on any atom is -0.313 e. The smallest absolute Gasteiger partial charge is 0.0749 e. The molecule has 1 heterocycles. The molecule has 1 N–H and O–H groups in total. The third-order valence-electron chi connectivity index (χ3n) is 3.38. The van der Waals surface area contributed by atoms with E-state index < -0.39 is 0 Å². The molecule has 18 heavy (non-hydrogen) atoms. The molecule has 0 saturated carbocycles. The Hall–Kier alpha value is -1.67. The zero-order chi connectivity index (χ0) is 13.0. The normalized spacial score (nSPS) is 12.6. The first-order valence-electron chi connectivity index (χ1n) is 6.43. The fourth-order valence-electron chi connectivity index (χ4n) is 2.21. The zero-order valence-electron chi connectivity index (χ0n) is 11.1. The summed E-state index contributed by atoms with van der Waals surface area (Å²) in [5.74, 6) is 0. The first-order chi connectivity index (χ1) is 8.76. The number of nitrogens with one attached hydrogen (secondary N) is 1. The van der Waals surface area contributed by atoms with Gasteiger partial charge < -0.3 is 5.32 Å². The minimum atomic E-state index is 0.288. The summed E-state index contributed by atoms with van der Waals surface area (Å²) < 4.78 is 0. The number of pyridine rings is 1. The summed E-state index contributed by atoms with van der Waals surface area (Å²) >= 11 is 0. The van der Waals surface area contributed by atoms with Gasteiger partial charge in [-0.15, -0.1) is 0 Å². The van der Waals surface area contributed by atoms with Crippen LogP contribution >= 0.6 is 0 Å². The van der Waals surface area contributed by atoms with Crippen molar-refractivity contribution in [3.8, 4) is 0 Å². The van der Waals surface area contributed by atoms with Crippen LogP contribution in [0.15, 0.2) is 48.7 Å². The van der Waals surface area contributed by atoms with Crippen LogP contribution < -0.4 is 5.32 Å². The summed E-state index contributed by atoms with van der Waals surface area (Å²) in [6, 6.07) is 10.7. The molecule has 0 aliphatic rings.